The molecule has 0 aromatic heterocycles. The fraction of sp³-hybridized carbons (Fsp3) is 0.333. The molecule has 1 fully saturated rings. The lowest BCUT2D eigenvalue weighted by Gasteiger charge is -2.17. The summed E-state index contributed by atoms with van der Waals surface area (Å²) in [5, 5.41) is 0. The minimum absolute atomic E-state index is 0.0884. The summed E-state index contributed by atoms with van der Waals surface area (Å²) < 4.78 is 0. The number of carbonyl (C=O) groups excluding carboxylic acids is 1. The average molecular weight is 320 g/mol. The van der Waals surface area contributed by atoms with E-state index in [1.807, 2.05) is 42.5 Å². The summed E-state index contributed by atoms with van der Waals surface area (Å²) >= 11 is 0. The van der Waals surface area contributed by atoms with Crippen molar-refractivity contribution >= 4 is 11.6 Å². The summed E-state index contributed by atoms with van der Waals surface area (Å²) in [4.78, 5) is 19.3. The highest BCUT2D eigenvalue weighted by molar-refractivity contribution is 5.99. The van der Waals surface area contributed by atoms with Crippen molar-refractivity contribution < 1.29 is 4.79 Å². The minimum Gasteiger partial charge on any atom is -0.360 e. The lowest BCUT2D eigenvalue weighted by atomic mass is 10.0. The summed E-state index contributed by atoms with van der Waals surface area (Å²) in [5.74, 6) is 1.19. The van der Waals surface area contributed by atoms with Gasteiger partial charge in [-0.05, 0) is 24.0 Å². The number of Topliss-reactive ketones (excluding diaryl/α,β-unsaturated/α-hetero) is 1. The Balaban J connectivity index is 1.65. The molecule has 0 saturated carbocycles. The summed E-state index contributed by atoms with van der Waals surface area (Å²) in [6.45, 7) is 4.54. The number of ketones is 1. The van der Waals surface area contributed by atoms with Crippen molar-refractivity contribution in [3.63, 3.8) is 0 Å². The van der Waals surface area contributed by atoms with E-state index < -0.39 is 0 Å². The number of hydrogen-bond acceptors (Lipinski definition) is 2. The molecule has 0 unspecified atom stereocenters. The van der Waals surface area contributed by atoms with Gasteiger partial charge in [-0.25, -0.2) is 0 Å². The summed E-state index contributed by atoms with van der Waals surface area (Å²) in [6, 6.07) is 18.0. The quantitative estimate of drug-likeness (QED) is 0.737. The van der Waals surface area contributed by atoms with E-state index in [2.05, 4.69) is 28.9 Å². The van der Waals surface area contributed by atoms with E-state index in [4.69, 9.17) is 0 Å². The smallest absolute Gasteiger partial charge is 0.184 e. The summed E-state index contributed by atoms with van der Waals surface area (Å²) in [7, 11) is 0. The second kappa shape index (κ2) is 7.91. The predicted octanol–water partition coefficient (Wildman–Crippen LogP) is 4.44. The Bertz CT molecular complexity index is 704. The molecule has 0 bridgehead atoms. The lowest BCUT2D eigenvalue weighted by Crippen LogP contribution is -2.26. The highest BCUT2D eigenvalue weighted by Crippen LogP contribution is 2.19. The largest absolute Gasteiger partial charge is 0.360 e. The monoisotopic (exact) mass is 320 g/mol. The number of hydrogen-bond donors (Lipinski definition) is 0. The molecule has 1 aliphatic heterocycles. The molecule has 0 spiro atoms. The molecule has 3 rings (SSSR count). The molecule has 2 aromatic rings. The Kier molecular flexibility index (Phi) is 5.42. The second-order valence-corrected chi connectivity index (χ2v) is 6.19. The van der Waals surface area contributed by atoms with Crippen molar-refractivity contribution in [3.8, 4) is 11.1 Å². The molecule has 3 nitrogen and oxygen atoms in total. The number of nitrogens with zero attached hydrogens (tertiary/aromatic N) is 2. The molecule has 0 N–H and O–H groups in total. The molecule has 2 aromatic carbocycles. The van der Waals surface area contributed by atoms with Gasteiger partial charge in [-0.15, -0.1) is 0 Å². The van der Waals surface area contributed by atoms with Crippen LogP contribution >= 0.6 is 0 Å². The molecule has 1 heterocycles. The zero-order chi connectivity index (χ0) is 16.8. The van der Waals surface area contributed by atoms with Gasteiger partial charge in [0, 0.05) is 25.1 Å². The molecular formula is C21H24N2O. The van der Waals surface area contributed by atoms with Crippen LogP contribution in [0.3, 0.4) is 0 Å². The first-order valence-corrected chi connectivity index (χ1v) is 8.75. The first-order valence-electron chi connectivity index (χ1n) is 8.75. The van der Waals surface area contributed by atoms with Gasteiger partial charge in [-0.1, -0.05) is 61.5 Å². The van der Waals surface area contributed by atoms with Gasteiger partial charge in [0.05, 0.1) is 5.84 Å². The van der Waals surface area contributed by atoms with Crippen LogP contribution in [0, 0.1) is 0 Å². The molecule has 0 amide bonds. The van der Waals surface area contributed by atoms with E-state index in [1.54, 1.807) is 0 Å². The van der Waals surface area contributed by atoms with Crippen LogP contribution in [0.25, 0.3) is 11.1 Å². The molecule has 24 heavy (non-hydrogen) atoms. The molecule has 1 saturated heterocycles. The lowest BCUT2D eigenvalue weighted by molar-refractivity contribution is 0.100. The van der Waals surface area contributed by atoms with Crippen LogP contribution in [0.2, 0.25) is 0 Å². The summed E-state index contributed by atoms with van der Waals surface area (Å²) in [6.07, 6.45) is 3.27. The van der Waals surface area contributed by atoms with Gasteiger partial charge in [0.2, 0.25) is 0 Å². The number of carbonyl (C=O) groups is 1. The predicted molar refractivity (Wildman–Crippen MR) is 99.6 cm³/mol. The Morgan fingerprint density at radius 1 is 1.04 bits per heavy atom. The zero-order valence-electron chi connectivity index (χ0n) is 14.2. The minimum atomic E-state index is 0.0884. The third kappa shape index (κ3) is 3.91. The van der Waals surface area contributed by atoms with Crippen molar-refractivity contribution in [2.24, 2.45) is 4.99 Å². The molecular weight excluding hydrogens is 296 g/mol. The van der Waals surface area contributed by atoms with Gasteiger partial charge in [0.25, 0.3) is 0 Å². The van der Waals surface area contributed by atoms with Crippen molar-refractivity contribution in [3.05, 3.63) is 60.2 Å². The van der Waals surface area contributed by atoms with Crippen LogP contribution in [-0.4, -0.2) is 36.2 Å². The normalized spacial score (nSPS) is 15.9. The van der Waals surface area contributed by atoms with Crippen LogP contribution in [0.4, 0.5) is 0 Å². The van der Waals surface area contributed by atoms with Crippen LogP contribution in [0.5, 0.6) is 0 Å². The number of likely N-dealkylation sites (tertiary alicyclic amines) is 1. The Hall–Kier alpha value is -2.42. The van der Waals surface area contributed by atoms with Crippen molar-refractivity contribution in [2.75, 3.05) is 19.6 Å². The van der Waals surface area contributed by atoms with Gasteiger partial charge in [0.1, 0.15) is 6.54 Å². The van der Waals surface area contributed by atoms with Gasteiger partial charge >= 0.3 is 0 Å². The van der Waals surface area contributed by atoms with Crippen molar-refractivity contribution in [2.45, 2.75) is 26.2 Å². The Labute approximate surface area is 144 Å². The zero-order valence-corrected chi connectivity index (χ0v) is 14.2. The molecule has 3 heteroatoms. The maximum absolute atomic E-state index is 12.4. The average Bonchev–Trinajstić information content (AvgIpc) is 3.08. The molecule has 124 valence electrons. The SMILES string of the molecule is CCCN1CCCC1=NCC(=O)c1ccc(-c2ccccc2)cc1. The summed E-state index contributed by atoms with van der Waals surface area (Å²) in [5.41, 5.74) is 3.03. The van der Waals surface area contributed by atoms with E-state index in [9.17, 15) is 4.79 Å². The van der Waals surface area contributed by atoms with E-state index >= 15 is 0 Å². The third-order valence-electron chi connectivity index (χ3n) is 4.41. The van der Waals surface area contributed by atoms with Gasteiger partial charge in [-0.3, -0.25) is 9.79 Å². The second-order valence-electron chi connectivity index (χ2n) is 6.19. The highest BCUT2D eigenvalue weighted by Gasteiger charge is 2.17. The number of benzene rings is 2. The molecule has 1 aliphatic rings. The number of aliphatic imine (C=N–C) groups is 1. The Morgan fingerprint density at radius 2 is 1.75 bits per heavy atom. The van der Waals surface area contributed by atoms with Gasteiger partial charge in [0.15, 0.2) is 5.78 Å². The van der Waals surface area contributed by atoms with E-state index in [0.717, 1.165) is 54.9 Å². The maximum atomic E-state index is 12.4. The van der Waals surface area contributed by atoms with E-state index in [1.165, 1.54) is 0 Å². The first kappa shape index (κ1) is 16.4. The first-order chi connectivity index (χ1) is 11.8. The topological polar surface area (TPSA) is 32.7 Å². The van der Waals surface area contributed by atoms with Crippen LogP contribution in [0.15, 0.2) is 59.6 Å². The maximum Gasteiger partial charge on any atom is 0.184 e. The standard InChI is InChI=1S/C21H24N2O/c1-2-14-23-15-6-9-21(23)22-16-20(24)19-12-10-18(11-13-19)17-7-4-3-5-8-17/h3-5,7-8,10-13H,2,6,9,14-16H2,1H3. The fourth-order valence-electron chi connectivity index (χ4n) is 3.14. The third-order valence-corrected chi connectivity index (χ3v) is 4.41. The van der Waals surface area contributed by atoms with Crippen LogP contribution in [-0.2, 0) is 0 Å². The van der Waals surface area contributed by atoms with Crippen molar-refractivity contribution in [1.82, 2.24) is 4.90 Å². The molecule has 0 aliphatic carbocycles. The molecule has 0 radical (unpaired) electrons. The fourth-order valence-corrected chi connectivity index (χ4v) is 3.14. The van der Waals surface area contributed by atoms with Crippen molar-refractivity contribution in [1.29, 1.82) is 0 Å². The molecule has 0 atom stereocenters. The van der Waals surface area contributed by atoms with Gasteiger partial charge < -0.3 is 4.90 Å². The van der Waals surface area contributed by atoms with E-state index in [-0.39, 0.29) is 12.3 Å². The van der Waals surface area contributed by atoms with E-state index in [0.29, 0.717) is 0 Å². The highest BCUT2D eigenvalue weighted by atomic mass is 16.1. The number of rotatable bonds is 6. The Morgan fingerprint density at radius 3 is 2.46 bits per heavy atom. The van der Waals surface area contributed by atoms with Crippen LogP contribution < -0.4 is 0 Å². The van der Waals surface area contributed by atoms with Gasteiger partial charge in [-0.2, -0.15) is 0 Å². The van der Waals surface area contributed by atoms with Crippen LogP contribution in [0.1, 0.15) is 36.5 Å². The number of amidine groups is 1.